The molecule has 0 spiro atoms. The Balaban J connectivity index is 2.02. The number of epoxide rings is 1. The van der Waals surface area contributed by atoms with E-state index in [2.05, 4.69) is 20.4 Å². The highest BCUT2D eigenvalue weighted by Gasteiger charge is 2.46. The monoisotopic (exact) mass is 140 g/mol. The van der Waals surface area contributed by atoms with Crippen molar-refractivity contribution in [1.29, 1.82) is 0 Å². The Morgan fingerprint density at radius 2 is 2.20 bits per heavy atom. The zero-order valence-corrected chi connectivity index (χ0v) is 6.89. The Hall–Kier alpha value is -0.300. The normalized spacial score (nSPS) is 28.0. The second kappa shape index (κ2) is 2.75. The number of ether oxygens (including phenoxy) is 1. The summed E-state index contributed by atoms with van der Waals surface area (Å²) in [5.74, 6) is 0. The molecule has 10 heavy (non-hydrogen) atoms. The van der Waals surface area contributed by atoms with Crippen LogP contribution in [-0.2, 0) is 4.74 Å². The molecule has 0 N–H and O–H groups in total. The van der Waals surface area contributed by atoms with Crippen molar-refractivity contribution < 1.29 is 4.74 Å². The summed E-state index contributed by atoms with van der Waals surface area (Å²) in [6.45, 7) is 7.96. The van der Waals surface area contributed by atoms with Gasteiger partial charge in [-0.15, -0.1) is 6.58 Å². The smallest absolute Gasteiger partial charge is 0.0892 e. The Morgan fingerprint density at radius 3 is 2.60 bits per heavy atom. The van der Waals surface area contributed by atoms with Crippen molar-refractivity contribution in [1.82, 2.24) is 0 Å². The standard InChI is InChI=1S/C9H16O/c1-4-5-6-7-8-9(2,3)10-8/h4,8H,1,5-7H2,2-3H3. The van der Waals surface area contributed by atoms with Gasteiger partial charge < -0.3 is 4.74 Å². The molecule has 1 atom stereocenters. The van der Waals surface area contributed by atoms with Crippen molar-refractivity contribution in [3.63, 3.8) is 0 Å². The highest BCUT2D eigenvalue weighted by molar-refractivity contribution is 4.94. The third-order valence-electron chi connectivity index (χ3n) is 2.04. The van der Waals surface area contributed by atoms with Gasteiger partial charge in [0.05, 0.1) is 11.7 Å². The Kier molecular flexibility index (Phi) is 2.14. The largest absolute Gasteiger partial charge is 0.367 e. The van der Waals surface area contributed by atoms with Gasteiger partial charge in [0.25, 0.3) is 0 Å². The molecule has 0 radical (unpaired) electrons. The molecule has 0 saturated carbocycles. The number of rotatable bonds is 4. The maximum Gasteiger partial charge on any atom is 0.0892 e. The van der Waals surface area contributed by atoms with Gasteiger partial charge in [-0.05, 0) is 33.1 Å². The number of allylic oxidation sites excluding steroid dienone is 1. The molecule has 1 saturated heterocycles. The van der Waals surface area contributed by atoms with E-state index >= 15 is 0 Å². The third kappa shape index (κ3) is 1.84. The van der Waals surface area contributed by atoms with Crippen LogP contribution in [0.4, 0.5) is 0 Å². The Morgan fingerprint density at radius 1 is 1.60 bits per heavy atom. The topological polar surface area (TPSA) is 12.5 Å². The predicted molar refractivity (Wildman–Crippen MR) is 43.0 cm³/mol. The minimum absolute atomic E-state index is 0.182. The van der Waals surface area contributed by atoms with Crippen LogP contribution in [0, 0.1) is 0 Å². The van der Waals surface area contributed by atoms with Gasteiger partial charge in [0.1, 0.15) is 0 Å². The molecule has 1 heteroatoms. The molecule has 1 rings (SSSR count). The van der Waals surface area contributed by atoms with Crippen LogP contribution in [0.2, 0.25) is 0 Å². The van der Waals surface area contributed by atoms with Crippen molar-refractivity contribution >= 4 is 0 Å². The van der Waals surface area contributed by atoms with E-state index in [-0.39, 0.29) is 5.60 Å². The van der Waals surface area contributed by atoms with E-state index in [1.54, 1.807) is 0 Å². The SMILES string of the molecule is C=CCCCC1OC1(C)C. The second-order valence-electron chi connectivity index (χ2n) is 3.43. The lowest BCUT2D eigenvalue weighted by Gasteiger charge is -1.94. The third-order valence-corrected chi connectivity index (χ3v) is 2.04. The van der Waals surface area contributed by atoms with Crippen LogP contribution >= 0.6 is 0 Å². The summed E-state index contributed by atoms with van der Waals surface area (Å²) in [7, 11) is 0. The van der Waals surface area contributed by atoms with Gasteiger partial charge in [-0.25, -0.2) is 0 Å². The summed E-state index contributed by atoms with van der Waals surface area (Å²) in [5, 5.41) is 0. The predicted octanol–water partition coefficient (Wildman–Crippen LogP) is 2.52. The summed E-state index contributed by atoms with van der Waals surface area (Å²) < 4.78 is 5.42. The van der Waals surface area contributed by atoms with Gasteiger partial charge in [-0.2, -0.15) is 0 Å². The molecule has 1 aliphatic heterocycles. The first-order chi connectivity index (χ1) is 4.67. The van der Waals surface area contributed by atoms with Crippen molar-refractivity contribution in [3.05, 3.63) is 12.7 Å². The molecule has 58 valence electrons. The minimum atomic E-state index is 0.182. The van der Waals surface area contributed by atoms with Gasteiger partial charge in [0.15, 0.2) is 0 Å². The van der Waals surface area contributed by atoms with Gasteiger partial charge in [-0.3, -0.25) is 0 Å². The lowest BCUT2D eigenvalue weighted by atomic mass is 10.1. The van der Waals surface area contributed by atoms with Crippen molar-refractivity contribution in [2.24, 2.45) is 0 Å². The highest BCUT2D eigenvalue weighted by atomic mass is 16.6. The number of hydrogen-bond acceptors (Lipinski definition) is 1. The van der Waals surface area contributed by atoms with Crippen LogP contribution in [0.25, 0.3) is 0 Å². The molecule has 1 heterocycles. The Labute approximate surface area is 63.1 Å². The molecular formula is C9H16O. The minimum Gasteiger partial charge on any atom is -0.367 e. The van der Waals surface area contributed by atoms with Crippen LogP contribution in [0.15, 0.2) is 12.7 Å². The van der Waals surface area contributed by atoms with E-state index in [4.69, 9.17) is 4.74 Å². The van der Waals surface area contributed by atoms with E-state index in [1.165, 1.54) is 12.8 Å². The highest BCUT2D eigenvalue weighted by Crippen LogP contribution is 2.38. The van der Waals surface area contributed by atoms with Crippen molar-refractivity contribution in [2.45, 2.75) is 44.8 Å². The maximum atomic E-state index is 5.42. The molecule has 0 aromatic heterocycles. The summed E-state index contributed by atoms with van der Waals surface area (Å²) in [4.78, 5) is 0. The quantitative estimate of drug-likeness (QED) is 0.332. The first-order valence-electron chi connectivity index (χ1n) is 3.95. The fourth-order valence-corrected chi connectivity index (χ4v) is 1.19. The Bertz CT molecular complexity index is 127. The summed E-state index contributed by atoms with van der Waals surface area (Å²) in [6, 6.07) is 0. The van der Waals surface area contributed by atoms with E-state index in [0.717, 1.165) is 6.42 Å². The summed E-state index contributed by atoms with van der Waals surface area (Å²) >= 11 is 0. The van der Waals surface area contributed by atoms with E-state index in [0.29, 0.717) is 6.10 Å². The molecule has 1 nitrogen and oxygen atoms in total. The second-order valence-corrected chi connectivity index (χ2v) is 3.43. The van der Waals surface area contributed by atoms with Crippen LogP contribution in [0.3, 0.4) is 0 Å². The van der Waals surface area contributed by atoms with Crippen LogP contribution in [0.1, 0.15) is 33.1 Å². The zero-order chi connectivity index (χ0) is 7.61. The molecule has 0 aliphatic carbocycles. The maximum absolute atomic E-state index is 5.42. The summed E-state index contributed by atoms with van der Waals surface area (Å²) in [5.41, 5.74) is 0.182. The lowest BCUT2D eigenvalue weighted by molar-refractivity contribution is 0.319. The number of unbranched alkanes of at least 4 members (excludes halogenated alkanes) is 1. The van der Waals surface area contributed by atoms with E-state index in [1.807, 2.05) is 6.08 Å². The molecule has 1 fully saturated rings. The molecular weight excluding hydrogens is 124 g/mol. The summed E-state index contributed by atoms with van der Waals surface area (Å²) in [6.07, 6.45) is 6.02. The lowest BCUT2D eigenvalue weighted by Crippen LogP contribution is -2.01. The van der Waals surface area contributed by atoms with Gasteiger partial charge in [-0.1, -0.05) is 6.08 Å². The molecule has 0 amide bonds. The molecule has 0 aromatic rings. The first kappa shape index (κ1) is 7.80. The van der Waals surface area contributed by atoms with E-state index < -0.39 is 0 Å². The fraction of sp³-hybridized carbons (Fsp3) is 0.778. The zero-order valence-electron chi connectivity index (χ0n) is 6.89. The van der Waals surface area contributed by atoms with Gasteiger partial charge in [0.2, 0.25) is 0 Å². The van der Waals surface area contributed by atoms with Crippen molar-refractivity contribution in [3.8, 4) is 0 Å². The molecule has 0 aromatic carbocycles. The van der Waals surface area contributed by atoms with Crippen molar-refractivity contribution in [2.75, 3.05) is 0 Å². The fourth-order valence-electron chi connectivity index (χ4n) is 1.19. The first-order valence-corrected chi connectivity index (χ1v) is 3.95. The number of hydrogen-bond donors (Lipinski definition) is 0. The average molecular weight is 140 g/mol. The van der Waals surface area contributed by atoms with E-state index in [9.17, 15) is 0 Å². The van der Waals surface area contributed by atoms with Crippen LogP contribution in [0.5, 0.6) is 0 Å². The van der Waals surface area contributed by atoms with Gasteiger partial charge in [0, 0.05) is 0 Å². The van der Waals surface area contributed by atoms with Crippen LogP contribution in [-0.4, -0.2) is 11.7 Å². The molecule has 1 aliphatic rings. The average Bonchev–Trinajstić information content (AvgIpc) is 2.41. The molecule has 1 unspecified atom stereocenters. The molecule has 0 bridgehead atoms. The van der Waals surface area contributed by atoms with Crippen LogP contribution < -0.4 is 0 Å². The van der Waals surface area contributed by atoms with Gasteiger partial charge >= 0.3 is 0 Å².